The Bertz CT molecular complexity index is 889. The minimum atomic E-state index is -3.35. The number of nitrogens with zero attached hydrogens (tertiary/aromatic N) is 3. The predicted octanol–water partition coefficient (Wildman–Crippen LogP) is 1.90. The van der Waals surface area contributed by atoms with Crippen molar-refractivity contribution in [2.75, 3.05) is 6.26 Å². The molecule has 1 N–H and O–H groups in total. The molecule has 1 atom stereocenters. The highest BCUT2D eigenvalue weighted by atomic mass is 32.2. The average molecular weight is 362 g/mol. The van der Waals surface area contributed by atoms with Gasteiger partial charge in [0, 0.05) is 24.8 Å². The molecule has 1 aromatic heterocycles. The minimum Gasteiger partial charge on any atom is -0.342 e. The Balaban J connectivity index is 1.79. The van der Waals surface area contributed by atoms with E-state index in [1.165, 1.54) is 18.6 Å². The minimum absolute atomic E-state index is 0.129. The monoisotopic (exact) mass is 362 g/mol. The van der Waals surface area contributed by atoms with E-state index in [9.17, 15) is 13.2 Å². The lowest BCUT2D eigenvalue weighted by atomic mass is 10.2. The van der Waals surface area contributed by atoms with Gasteiger partial charge in [0.1, 0.15) is 5.82 Å². The Hall–Kier alpha value is -2.22. The van der Waals surface area contributed by atoms with Crippen LogP contribution in [0.15, 0.2) is 29.2 Å². The van der Waals surface area contributed by atoms with E-state index in [-0.39, 0.29) is 16.8 Å². The molecule has 0 aliphatic carbocycles. The van der Waals surface area contributed by atoms with Gasteiger partial charge in [0.05, 0.1) is 10.9 Å². The summed E-state index contributed by atoms with van der Waals surface area (Å²) in [6.45, 7) is 2.72. The lowest BCUT2D eigenvalue weighted by molar-refractivity contribution is 0.0937. The Morgan fingerprint density at radius 2 is 2.04 bits per heavy atom. The van der Waals surface area contributed by atoms with E-state index >= 15 is 0 Å². The maximum atomic E-state index is 12.5. The molecule has 1 amide bonds. The zero-order valence-electron chi connectivity index (χ0n) is 14.4. The molecule has 0 saturated carbocycles. The molecule has 0 fully saturated rings. The van der Waals surface area contributed by atoms with Gasteiger partial charge >= 0.3 is 0 Å². The van der Waals surface area contributed by atoms with Crippen LogP contribution in [-0.4, -0.2) is 35.3 Å². The summed E-state index contributed by atoms with van der Waals surface area (Å²) in [5, 5.41) is 11.4. The highest BCUT2D eigenvalue weighted by molar-refractivity contribution is 7.90. The van der Waals surface area contributed by atoms with Crippen LogP contribution in [0.25, 0.3) is 0 Å². The third-order valence-electron chi connectivity index (χ3n) is 4.40. The van der Waals surface area contributed by atoms with E-state index in [1.807, 2.05) is 6.92 Å². The quantitative estimate of drug-likeness (QED) is 0.896. The van der Waals surface area contributed by atoms with E-state index in [2.05, 4.69) is 20.1 Å². The van der Waals surface area contributed by atoms with Gasteiger partial charge in [-0.2, -0.15) is 0 Å². The fourth-order valence-electron chi connectivity index (χ4n) is 3.04. The van der Waals surface area contributed by atoms with Crippen LogP contribution in [0.3, 0.4) is 0 Å². The van der Waals surface area contributed by atoms with Crippen LogP contribution in [0.5, 0.6) is 0 Å². The van der Waals surface area contributed by atoms with Crippen LogP contribution in [0.4, 0.5) is 0 Å². The molecule has 134 valence electrons. The van der Waals surface area contributed by atoms with E-state index in [4.69, 9.17) is 0 Å². The van der Waals surface area contributed by atoms with Crippen molar-refractivity contribution >= 4 is 15.7 Å². The first-order valence-corrected chi connectivity index (χ1v) is 10.3. The third kappa shape index (κ3) is 3.89. The highest BCUT2D eigenvalue weighted by Crippen LogP contribution is 2.19. The van der Waals surface area contributed by atoms with Crippen molar-refractivity contribution in [2.45, 2.75) is 50.1 Å². The topological polar surface area (TPSA) is 93.9 Å². The highest BCUT2D eigenvalue weighted by Gasteiger charge is 2.21. The number of hydrogen-bond acceptors (Lipinski definition) is 5. The Kier molecular flexibility index (Phi) is 4.89. The smallest absolute Gasteiger partial charge is 0.251 e. The molecule has 0 spiro atoms. The maximum Gasteiger partial charge on any atom is 0.251 e. The van der Waals surface area contributed by atoms with Gasteiger partial charge in [-0.3, -0.25) is 4.79 Å². The second-order valence-electron chi connectivity index (χ2n) is 6.43. The van der Waals surface area contributed by atoms with Gasteiger partial charge in [-0.1, -0.05) is 12.5 Å². The molecular weight excluding hydrogens is 340 g/mol. The molecule has 0 bridgehead atoms. The van der Waals surface area contributed by atoms with Crippen molar-refractivity contribution in [3.63, 3.8) is 0 Å². The van der Waals surface area contributed by atoms with Crippen molar-refractivity contribution in [3.05, 3.63) is 41.5 Å². The third-order valence-corrected chi connectivity index (χ3v) is 5.51. The molecule has 3 rings (SSSR count). The summed E-state index contributed by atoms with van der Waals surface area (Å²) in [4.78, 5) is 12.6. The van der Waals surface area contributed by atoms with Crippen LogP contribution in [-0.2, 0) is 22.8 Å². The number of aromatic nitrogens is 3. The zero-order chi connectivity index (χ0) is 18.0. The number of aryl methyl sites for hydroxylation is 1. The summed E-state index contributed by atoms with van der Waals surface area (Å²) in [5.41, 5.74) is 0.311. The predicted molar refractivity (Wildman–Crippen MR) is 93.0 cm³/mol. The van der Waals surface area contributed by atoms with Crippen molar-refractivity contribution in [1.29, 1.82) is 0 Å². The van der Waals surface area contributed by atoms with E-state index in [0.29, 0.717) is 5.56 Å². The number of carbonyl (C=O) groups excluding carboxylic acids is 1. The molecule has 0 unspecified atom stereocenters. The second-order valence-corrected chi connectivity index (χ2v) is 8.45. The molecule has 2 aromatic rings. The number of fused-ring (bicyclic) bond motifs is 1. The van der Waals surface area contributed by atoms with Crippen LogP contribution >= 0.6 is 0 Å². The van der Waals surface area contributed by atoms with Gasteiger partial charge in [0.15, 0.2) is 15.7 Å². The summed E-state index contributed by atoms with van der Waals surface area (Å²) in [5.74, 6) is 1.38. The number of amides is 1. The number of sulfone groups is 1. The average Bonchev–Trinajstić information content (AvgIpc) is 2.83. The maximum absolute atomic E-state index is 12.5. The van der Waals surface area contributed by atoms with Gasteiger partial charge in [0.2, 0.25) is 0 Å². The Labute approximate surface area is 147 Å². The molecule has 8 heteroatoms. The van der Waals surface area contributed by atoms with E-state index in [0.717, 1.165) is 43.7 Å². The fourth-order valence-corrected chi connectivity index (χ4v) is 3.71. The van der Waals surface area contributed by atoms with Crippen molar-refractivity contribution in [3.8, 4) is 0 Å². The Morgan fingerprint density at radius 3 is 2.80 bits per heavy atom. The number of carbonyl (C=O) groups is 1. The lowest BCUT2D eigenvalue weighted by Gasteiger charge is -2.15. The zero-order valence-corrected chi connectivity index (χ0v) is 15.2. The normalized spacial score (nSPS) is 15.9. The standard InChI is InChI=1S/C17H22N4O3S/c1-12(16-20-19-15-9-4-3-5-10-21(15)16)18-17(22)13-7-6-8-14(11-13)25(2,23)24/h6-8,11-12H,3-5,9-10H2,1-2H3,(H,18,22)/t12-/m0/s1. The first-order chi connectivity index (χ1) is 11.9. The molecule has 25 heavy (non-hydrogen) atoms. The van der Waals surface area contributed by atoms with Gasteiger partial charge in [-0.25, -0.2) is 8.42 Å². The van der Waals surface area contributed by atoms with Crippen molar-refractivity contribution < 1.29 is 13.2 Å². The molecule has 0 saturated heterocycles. The van der Waals surface area contributed by atoms with Crippen molar-refractivity contribution in [1.82, 2.24) is 20.1 Å². The van der Waals surface area contributed by atoms with Gasteiger partial charge in [-0.05, 0) is 38.0 Å². The molecule has 1 aliphatic heterocycles. The first kappa shape index (κ1) is 17.6. The summed E-state index contributed by atoms with van der Waals surface area (Å²) in [6.07, 6.45) is 5.39. The largest absolute Gasteiger partial charge is 0.342 e. The summed E-state index contributed by atoms with van der Waals surface area (Å²) in [6, 6.07) is 5.73. The molecule has 2 heterocycles. The van der Waals surface area contributed by atoms with Gasteiger partial charge in [-0.15, -0.1) is 10.2 Å². The number of hydrogen-bond donors (Lipinski definition) is 1. The second kappa shape index (κ2) is 6.95. The summed E-state index contributed by atoms with van der Waals surface area (Å²) < 4.78 is 25.4. The SMILES string of the molecule is C[C@H](NC(=O)c1cccc(S(C)(=O)=O)c1)c1nnc2n1CCCCC2. The summed E-state index contributed by atoms with van der Waals surface area (Å²) in [7, 11) is -3.35. The molecule has 0 radical (unpaired) electrons. The van der Waals surface area contributed by atoms with Crippen LogP contribution in [0, 0.1) is 0 Å². The molecule has 1 aliphatic rings. The van der Waals surface area contributed by atoms with Crippen LogP contribution in [0.1, 0.15) is 54.2 Å². The summed E-state index contributed by atoms with van der Waals surface area (Å²) >= 11 is 0. The number of benzene rings is 1. The molecular formula is C17H22N4O3S. The first-order valence-electron chi connectivity index (χ1n) is 8.39. The van der Waals surface area contributed by atoms with Gasteiger partial charge < -0.3 is 9.88 Å². The van der Waals surface area contributed by atoms with Gasteiger partial charge in [0.25, 0.3) is 5.91 Å². The Morgan fingerprint density at radius 1 is 1.24 bits per heavy atom. The van der Waals surface area contributed by atoms with E-state index in [1.54, 1.807) is 12.1 Å². The van der Waals surface area contributed by atoms with E-state index < -0.39 is 9.84 Å². The molecule has 7 nitrogen and oxygen atoms in total. The van der Waals surface area contributed by atoms with Crippen LogP contribution < -0.4 is 5.32 Å². The van der Waals surface area contributed by atoms with Crippen LogP contribution in [0.2, 0.25) is 0 Å². The number of nitrogens with one attached hydrogen (secondary N) is 1. The van der Waals surface area contributed by atoms with Crippen molar-refractivity contribution in [2.24, 2.45) is 0 Å². The molecule has 1 aromatic carbocycles. The number of rotatable bonds is 4. The lowest BCUT2D eigenvalue weighted by Crippen LogP contribution is -2.29. The fraction of sp³-hybridized carbons (Fsp3) is 0.471.